The molecule has 2 heterocycles. The van der Waals surface area contributed by atoms with Crippen molar-refractivity contribution in [2.24, 2.45) is 5.92 Å². The third kappa shape index (κ3) is 3.55. The number of oxazole rings is 1. The van der Waals surface area contributed by atoms with Gasteiger partial charge in [-0.1, -0.05) is 19.3 Å². The van der Waals surface area contributed by atoms with Crippen molar-refractivity contribution in [2.75, 3.05) is 6.54 Å². The van der Waals surface area contributed by atoms with E-state index in [-0.39, 0.29) is 5.91 Å². The van der Waals surface area contributed by atoms with Crippen molar-refractivity contribution in [3.05, 3.63) is 48.3 Å². The topological polar surface area (TPSA) is 68.0 Å². The van der Waals surface area contributed by atoms with Gasteiger partial charge in [0.25, 0.3) is 5.91 Å². The lowest BCUT2D eigenvalue weighted by Crippen LogP contribution is -2.30. The summed E-state index contributed by atoms with van der Waals surface area (Å²) in [5.41, 5.74) is 2.78. The Morgan fingerprint density at radius 3 is 2.88 bits per heavy atom. The van der Waals surface area contributed by atoms with Crippen molar-refractivity contribution in [2.45, 2.75) is 32.1 Å². The van der Waals surface area contributed by atoms with E-state index in [1.165, 1.54) is 32.1 Å². The van der Waals surface area contributed by atoms with Crippen LogP contribution in [0.2, 0.25) is 0 Å². The summed E-state index contributed by atoms with van der Waals surface area (Å²) < 4.78 is 5.81. The molecular weight excluding hydrogens is 314 g/mol. The molecule has 3 aromatic rings. The molecule has 4 rings (SSSR count). The second-order valence-corrected chi connectivity index (χ2v) is 6.66. The third-order valence-corrected chi connectivity index (χ3v) is 4.84. The summed E-state index contributed by atoms with van der Waals surface area (Å²) in [6.45, 7) is 0.758. The lowest BCUT2D eigenvalue weighted by molar-refractivity contribution is 0.0943. The Kier molecular flexibility index (Phi) is 4.46. The summed E-state index contributed by atoms with van der Waals surface area (Å²) in [7, 11) is 0. The minimum absolute atomic E-state index is 0.0493. The van der Waals surface area contributed by atoms with Crippen LogP contribution in [0.1, 0.15) is 42.5 Å². The predicted molar refractivity (Wildman–Crippen MR) is 96.1 cm³/mol. The van der Waals surface area contributed by atoms with Crippen molar-refractivity contribution in [3.8, 4) is 11.5 Å². The van der Waals surface area contributed by atoms with Gasteiger partial charge < -0.3 is 9.73 Å². The summed E-state index contributed by atoms with van der Waals surface area (Å²) in [5, 5.41) is 3.06. The van der Waals surface area contributed by atoms with Crippen LogP contribution < -0.4 is 5.32 Å². The van der Waals surface area contributed by atoms with Crippen LogP contribution in [0.15, 0.2) is 47.1 Å². The van der Waals surface area contributed by atoms with Crippen molar-refractivity contribution >= 4 is 17.0 Å². The van der Waals surface area contributed by atoms with E-state index in [0.29, 0.717) is 23.0 Å². The number of rotatable bonds is 4. The van der Waals surface area contributed by atoms with Gasteiger partial charge in [0.2, 0.25) is 5.89 Å². The molecule has 1 aliphatic rings. The van der Waals surface area contributed by atoms with E-state index >= 15 is 0 Å². The first-order valence-corrected chi connectivity index (χ1v) is 8.89. The highest BCUT2D eigenvalue weighted by molar-refractivity contribution is 5.97. The smallest absolute Gasteiger partial charge is 0.251 e. The Morgan fingerprint density at radius 2 is 2.08 bits per heavy atom. The number of benzene rings is 1. The van der Waals surface area contributed by atoms with Gasteiger partial charge in [0.05, 0.1) is 5.56 Å². The number of carbonyl (C=O) groups excluding carboxylic acids is 1. The summed E-state index contributed by atoms with van der Waals surface area (Å²) in [6.07, 6.45) is 9.74. The SMILES string of the molecule is O=C(NCC1CCCCC1)c1ccc2nc(-c3cccnc3)oc2c1. The second-order valence-electron chi connectivity index (χ2n) is 6.66. The van der Waals surface area contributed by atoms with Crippen LogP contribution in [0, 0.1) is 5.92 Å². The number of hydrogen-bond donors (Lipinski definition) is 1. The first-order chi connectivity index (χ1) is 12.3. The number of nitrogens with zero attached hydrogens (tertiary/aromatic N) is 2. The van der Waals surface area contributed by atoms with Gasteiger partial charge in [-0.15, -0.1) is 0 Å². The van der Waals surface area contributed by atoms with Crippen LogP contribution in [-0.4, -0.2) is 22.4 Å². The van der Waals surface area contributed by atoms with Crippen LogP contribution in [0.5, 0.6) is 0 Å². The molecule has 2 aromatic heterocycles. The van der Waals surface area contributed by atoms with E-state index in [0.717, 1.165) is 17.6 Å². The number of amides is 1. The van der Waals surface area contributed by atoms with Gasteiger partial charge >= 0.3 is 0 Å². The molecule has 0 spiro atoms. The van der Waals surface area contributed by atoms with Crippen molar-refractivity contribution in [3.63, 3.8) is 0 Å². The zero-order valence-corrected chi connectivity index (χ0v) is 14.1. The summed E-state index contributed by atoms with van der Waals surface area (Å²) in [5.74, 6) is 1.08. The van der Waals surface area contributed by atoms with E-state index in [1.807, 2.05) is 18.2 Å². The van der Waals surface area contributed by atoms with Crippen LogP contribution in [0.25, 0.3) is 22.6 Å². The molecular formula is C20H21N3O2. The Labute approximate surface area is 146 Å². The molecule has 5 nitrogen and oxygen atoms in total. The maximum atomic E-state index is 12.4. The van der Waals surface area contributed by atoms with Crippen molar-refractivity contribution in [1.29, 1.82) is 0 Å². The normalized spacial score (nSPS) is 15.4. The minimum atomic E-state index is -0.0493. The van der Waals surface area contributed by atoms with E-state index in [4.69, 9.17) is 4.42 Å². The summed E-state index contributed by atoms with van der Waals surface area (Å²) in [6, 6.07) is 9.13. The molecule has 1 amide bonds. The van der Waals surface area contributed by atoms with E-state index in [9.17, 15) is 4.79 Å². The quantitative estimate of drug-likeness (QED) is 0.776. The number of nitrogens with one attached hydrogen (secondary N) is 1. The molecule has 0 unspecified atom stereocenters. The molecule has 1 fully saturated rings. The van der Waals surface area contributed by atoms with Gasteiger partial charge in [-0.2, -0.15) is 0 Å². The molecule has 0 radical (unpaired) electrons. The molecule has 0 bridgehead atoms. The molecule has 0 saturated heterocycles. The fraction of sp³-hybridized carbons (Fsp3) is 0.350. The predicted octanol–water partition coefficient (Wildman–Crippen LogP) is 4.20. The fourth-order valence-corrected chi connectivity index (χ4v) is 3.41. The largest absolute Gasteiger partial charge is 0.436 e. The van der Waals surface area contributed by atoms with Gasteiger partial charge in [0.15, 0.2) is 5.58 Å². The average Bonchev–Trinajstić information content (AvgIpc) is 3.11. The molecule has 1 aliphatic carbocycles. The van der Waals surface area contributed by atoms with E-state index in [2.05, 4.69) is 15.3 Å². The lowest BCUT2D eigenvalue weighted by atomic mass is 9.89. The molecule has 1 N–H and O–H groups in total. The van der Waals surface area contributed by atoms with Crippen LogP contribution in [0.3, 0.4) is 0 Å². The molecule has 1 saturated carbocycles. The van der Waals surface area contributed by atoms with Crippen molar-refractivity contribution in [1.82, 2.24) is 15.3 Å². The molecule has 25 heavy (non-hydrogen) atoms. The van der Waals surface area contributed by atoms with E-state index in [1.54, 1.807) is 24.5 Å². The first kappa shape index (κ1) is 15.8. The molecule has 1 aromatic carbocycles. The molecule has 0 atom stereocenters. The Hall–Kier alpha value is -2.69. The average molecular weight is 335 g/mol. The molecule has 0 aliphatic heterocycles. The first-order valence-electron chi connectivity index (χ1n) is 8.89. The van der Waals surface area contributed by atoms with E-state index < -0.39 is 0 Å². The Balaban J connectivity index is 1.49. The Morgan fingerprint density at radius 1 is 1.20 bits per heavy atom. The number of carbonyl (C=O) groups is 1. The third-order valence-electron chi connectivity index (χ3n) is 4.84. The number of pyridine rings is 1. The minimum Gasteiger partial charge on any atom is -0.436 e. The van der Waals surface area contributed by atoms with Crippen LogP contribution in [-0.2, 0) is 0 Å². The standard InChI is InChI=1S/C20H21N3O2/c24-19(22-12-14-5-2-1-3-6-14)15-8-9-17-18(11-15)25-20(23-17)16-7-4-10-21-13-16/h4,7-11,13-14H,1-3,5-6,12H2,(H,22,24). The summed E-state index contributed by atoms with van der Waals surface area (Å²) in [4.78, 5) is 21.0. The van der Waals surface area contributed by atoms with Crippen molar-refractivity contribution < 1.29 is 9.21 Å². The van der Waals surface area contributed by atoms with Gasteiger partial charge in [0, 0.05) is 24.5 Å². The highest BCUT2D eigenvalue weighted by atomic mass is 16.3. The summed E-state index contributed by atoms with van der Waals surface area (Å²) >= 11 is 0. The highest BCUT2D eigenvalue weighted by Gasteiger charge is 2.16. The molecule has 128 valence electrons. The van der Waals surface area contributed by atoms with Crippen LogP contribution >= 0.6 is 0 Å². The maximum Gasteiger partial charge on any atom is 0.251 e. The monoisotopic (exact) mass is 335 g/mol. The second kappa shape index (κ2) is 7.05. The van der Waals surface area contributed by atoms with Gasteiger partial charge in [-0.3, -0.25) is 9.78 Å². The number of fused-ring (bicyclic) bond motifs is 1. The highest BCUT2D eigenvalue weighted by Crippen LogP contribution is 2.25. The fourth-order valence-electron chi connectivity index (χ4n) is 3.41. The van der Waals surface area contributed by atoms with Crippen LogP contribution in [0.4, 0.5) is 0 Å². The van der Waals surface area contributed by atoms with Gasteiger partial charge in [0.1, 0.15) is 5.52 Å². The zero-order valence-electron chi connectivity index (χ0n) is 14.1. The maximum absolute atomic E-state index is 12.4. The number of aromatic nitrogens is 2. The zero-order chi connectivity index (χ0) is 17.1. The molecule has 5 heteroatoms. The van der Waals surface area contributed by atoms with Gasteiger partial charge in [-0.25, -0.2) is 4.98 Å². The number of hydrogen-bond acceptors (Lipinski definition) is 4. The Bertz CT molecular complexity index is 867. The van der Waals surface area contributed by atoms with Gasteiger partial charge in [-0.05, 0) is 49.1 Å². The lowest BCUT2D eigenvalue weighted by Gasteiger charge is -2.21.